The first-order valence-electron chi connectivity index (χ1n) is 13.1. The lowest BCUT2D eigenvalue weighted by atomic mass is 9.69. The molecule has 0 aromatic carbocycles. The zero-order valence-corrected chi connectivity index (χ0v) is 22.5. The van der Waals surface area contributed by atoms with Gasteiger partial charge in [0.25, 0.3) is 0 Å². The molecule has 0 saturated heterocycles. The van der Waals surface area contributed by atoms with Gasteiger partial charge in [-0.25, -0.2) is 0 Å². The third kappa shape index (κ3) is 7.65. The number of nitrogens with two attached hydrogens (primary N) is 1. The van der Waals surface area contributed by atoms with E-state index in [1.54, 1.807) is 13.8 Å². The van der Waals surface area contributed by atoms with E-state index in [4.69, 9.17) is 5.73 Å². The molecule has 10 nitrogen and oxygen atoms in total. The van der Waals surface area contributed by atoms with Crippen molar-refractivity contribution >= 4 is 23.7 Å². The van der Waals surface area contributed by atoms with Crippen molar-refractivity contribution in [2.45, 2.75) is 52.9 Å². The van der Waals surface area contributed by atoms with Crippen LogP contribution in [0.2, 0.25) is 0 Å². The number of hydrogen-bond donors (Lipinski definition) is 5. The van der Waals surface area contributed by atoms with Crippen LogP contribution in [0.15, 0.2) is 0 Å². The Balaban J connectivity index is 2.16. The number of aliphatic hydroxyl groups excluding tert-OH is 1. The largest absolute Gasteiger partial charge is 0.481 e. The van der Waals surface area contributed by atoms with Crippen LogP contribution in [0.25, 0.3) is 0 Å². The van der Waals surface area contributed by atoms with Gasteiger partial charge in [0.1, 0.15) is 0 Å². The van der Waals surface area contributed by atoms with Gasteiger partial charge in [0.05, 0.1) is 12.5 Å². The molecule has 0 aliphatic heterocycles. The van der Waals surface area contributed by atoms with Gasteiger partial charge in [0.2, 0.25) is 17.7 Å². The van der Waals surface area contributed by atoms with Crippen LogP contribution >= 0.6 is 0 Å². The summed E-state index contributed by atoms with van der Waals surface area (Å²) in [5.41, 5.74) is 4.94. The molecule has 206 valence electrons. The Morgan fingerprint density at radius 1 is 1.08 bits per heavy atom. The lowest BCUT2D eigenvalue weighted by Crippen LogP contribution is -2.44. The first kappa shape index (κ1) is 30.0. The van der Waals surface area contributed by atoms with E-state index < -0.39 is 35.0 Å². The molecule has 0 spiro atoms. The van der Waals surface area contributed by atoms with Crippen molar-refractivity contribution in [2.24, 2.45) is 52.6 Å². The standard InChI is InChI=1S/C26H46N4O6/c1-15-16-11-20(21(12-16)24(34)35)19(15)13-17(22(27)32)10-18(23(33)28-7-9-31)14-26(2,3)25(36)29-6-8-30(4)5/h15-21,31H,6-14H2,1-5H3,(H2,27,32)(H,28,33)(H,29,36)(H,34,35). The minimum absolute atomic E-state index is 0.0185. The maximum atomic E-state index is 13.0. The number of rotatable bonds is 15. The highest BCUT2D eigenvalue weighted by Gasteiger charge is 2.53. The quantitative estimate of drug-likeness (QED) is 0.216. The van der Waals surface area contributed by atoms with E-state index in [1.807, 2.05) is 19.0 Å². The molecular formula is C26H46N4O6. The molecule has 2 saturated carbocycles. The highest BCUT2D eigenvalue weighted by molar-refractivity contribution is 5.85. The van der Waals surface area contributed by atoms with Gasteiger partial charge in [-0.05, 0) is 69.9 Å². The van der Waals surface area contributed by atoms with Crippen LogP contribution in [0.3, 0.4) is 0 Å². The summed E-state index contributed by atoms with van der Waals surface area (Å²) in [7, 11) is 3.83. The fourth-order valence-corrected chi connectivity index (χ4v) is 6.37. The number of carboxylic acids is 1. The lowest BCUT2D eigenvalue weighted by molar-refractivity contribution is -0.144. The Labute approximate surface area is 214 Å². The lowest BCUT2D eigenvalue weighted by Gasteiger charge is -2.35. The molecule has 0 heterocycles. The number of carbonyl (C=O) groups is 4. The van der Waals surface area contributed by atoms with E-state index in [9.17, 15) is 29.4 Å². The van der Waals surface area contributed by atoms with Gasteiger partial charge in [-0.3, -0.25) is 19.2 Å². The second-order valence-electron chi connectivity index (χ2n) is 11.8. The summed E-state index contributed by atoms with van der Waals surface area (Å²) in [5.74, 6) is -2.73. The molecule has 7 unspecified atom stereocenters. The number of nitrogens with zero attached hydrogens (tertiary/aromatic N) is 1. The molecule has 6 N–H and O–H groups in total. The molecule has 0 aromatic rings. The summed E-state index contributed by atoms with van der Waals surface area (Å²) >= 11 is 0. The zero-order chi connectivity index (χ0) is 27.2. The van der Waals surface area contributed by atoms with Crippen LogP contribution in [0.4, 0.5) is 0 Å². The number of aliphatic carboxylic acids is 1. The number of aliphatic hydroxyl groups is 1. The number of likely N-dealkylation sites (N-methyl/N-ethyl adjacent to an activating group) is 1. The summed E-state index contributed by atoms with van der Waals surface area (Å²) in [6.07, 6.45) is 2.38. The number of carbonyl (C=O) groups excluding carboxylic acids is 3. The van der Waals surface area contributed by atoms with Gasteiger partial charge in [0.15, 0.2) is 0 Å². The van der Waals surface area contributed by atoms with Crippen molar-refractivity contribution in [3.8, 4) is 0 Å². The summed E-state index contributed by atoms with van der Waals surface area (Å²) < 4.78 is 0. The highest BCUT2D eigenvalue weighted by atomic mass is 16.4. The van der Waals surface area contributed by atoms with Crippen molar-refractivity contribution in [3.05, 3.63) is 0 Å². The van der Waals surface area contributed by atoms with E-state index >= 15 is 0 Å². The first-order chi connectivity index (χ1) is 16.8. The molecule has 2 fully saturated rings. The predicted octanol–water partition coefficient (Wildman–Crippen LogP) is 0.680. The number of fused-ring (bicyclic) bond motifs is 2. The average Bonchev–Trinajstić information content (AvgIpc) is 3.35. The smallest absolute Gasteiger partial charge is 0.306 e. The van der Waals surface area contributed by atoms with Crippen molar-refractivity contribution < 1.29 is 29.4 Å². The van der Waals surface area contributed by atoms with Gasteiger partial charge in [-0.15, -0.1) is 0 Å². The maximum absolute atomic E-state index is 13.0. The van der Waals surface area contributed by atoms with E-state index in [-0.39, 0.29) is 49.6 Å². The van der Waals surface area contributed by atoms with Gasteiger partial charge in [-0.2, -0.15) is 0 Å². The van der Waals surface area contributed by atoms with Crippen LogP contribution in [0.5, 0.6) is 0 Å². The van der Waals surface area contributed by atoms with Crippen molar-refractivity contribution in [3.63, 3.8) is 0 Å². The maximum Gasteiger partial charge on any atom is 0.306 e. The van der Waals surface area contributed by atoms with Gasteiger partial charge in [-0.1, -0.05) is 20.8 Å². The van der Waals surface area contributed by atoms with Gasteiger partial charge < -0.3 is 31.5 Å². The normalized spacial score (nSPS) is 27.0. The summed E-state index contributed by atoms with van der Waals surface area (Å²) in [6, 6.07) is 0. The zero-order valence-electron chi connectivity index (χ0n) is 22.5. The van der Waals surface area contributed by atoms with Crippen LogP contribution in [0, 0.1) is 46.8 Å². The molecule has 0 radical (unpaired) electrons. The van der Waals surface area contributed by atoms with Gasteiger partial charge >= 0.3 is 5.97 Å². The molecule has 10 heteroatoms. The molecule has 7 atom stereocenters. The molecular weight excluding hydrogens is 464 g/mol. The molecule has 0 aromatic heterocycles. The predicted molar refractivity (Wildman–Crippen MR) is 135 cm³/mol. The number of carboxylic acid groups (broad SMARTS) is 1. The molecule has 2 bridgehead atoms. The Morgan fingerprint density at radius 3 is 2.28 bits per heavy atom. The van der Waals surface area contributed by atoms with E-state index in [0.29, 0.717) is 37.8 Å². The number of primary amides is 1. The SMILES string of the molecule is CC1C2CC(C(=O)O)C(C2)C1CC(CC(CC(C)(C)C(=O)NCCN(C)C)C(=O)NCCO)C(N)=O. The summed E-state index contributed by atoms with van der Waals surface area (Å²) in [4.78, 5) is 52.2. The summed E-state index contributed by atoms with van der Waals surface area (Å²) in [5, 5.41) is 24.4. The highest BCUT2D eigenvalue weighted by Crippen LogP contribution is 2.57. The Morgan fingerprint density at radius 2 is 1.75 bits per heavy atom. The van der Waals surface area contributed by atoms with Gasteiger partial charge in [0, 0.05) is 36.9 Å². The van der Waals surface area contributed by atoms with Crippen molar-refractivity contribution in [1.29, 1.82) is 0 Å². The minimum Gasteiger partial charge on any atom is -0.481 e. The monoisotopic (exact) mass is 510 g/mol. The molecule has 3 amide bonds. The fourth-order valence-electron chi connectivity index (χ4n) is 6.37. The van der Waals surface area contributed by atoms with E-state index in [2.05, 4.69) is 17.6 Å². The van der Waals surface area contributed by atoms with E-state index in [0.717, 1.165) is 6.42 Å². The number of amides is 3. The van der Waals surface area contributed by atoms with Crippen LogP contribution in [0.1, 0.15) is 52.9 Å². The number of hydrogen-bond acceptors (Lipinski definition) is 6. The van der Waals surface area contributed by atoms with Crippen LogP contribution in [-0.2, 0) is 19.2 Å². The minimum atomic E-state index is -0.871. The first-order valence-corrected chi connectivity index (χ1v) is 13.1. The molecule has 2 rings (SSSR count). The Hall–Kier alpha value is -2.20. The number of nitrogens with one attached hydrogen (secondary N) is 2. The summed E-state index contributed by atoms with van der Waals surface area (Å²) in [6.45, 7) is 6.70. The Bertz CT molecular complexity index is 801. The second kappa shape index (κ2) is 12.9. The van der Waals surface area contributed by atoms with Crippen molar-refractivity contribution in [2.75, 3.05) is 40.3 Å². The van der Waals surface area contributed by atoms with E-state index in [1.165, 1.54) is 0 Å². The molecule has 36 heavy (non-hydrogen) atoms. The second-order valence-corrected chi connectivity index (χ2v) is 11.8. The van der Waals surface area contributed by atoms with Crippen molar-refractivity contribution in [1.82, 2.24) is 15.5 Å². The molecule has 2 aliphatic carbocycles. The fraction of sp³-hybridized carbons (Fsp3) is 0.846. The third-order valence-electron chi connectivity index (χ3n) is 8.46. The van der Waals surface area contributed by atoms with Crippen LogP contribution < -0.4 is 16.4 Å². The van der Waals surface area contributed by atoms with Crippen LogP contribution in [-0.4, -0.2) is 79.1 Å². The third-order valence-corrected chi connectivity index (χ3v) is 8.46. The topological polar surface area (TPSA) is 162 Å². The average molecular weight is 511 g/mol. The Kier molecular flexibility index (Phi) is 10.7. The molecule has 2 aliphatic rings.